The molecule has 4 nitrogen and oxygen atoms in total. The van der Waals surface area contributed by atoms with Gasteiger partial charge in [0.05, 0.1) is 24.4 Å². The van der Waals surface area contributed by atoms with Gasteiger partial charge < -0.3 is 18.9 Å². The van der Waals surface area contributed by atoms with Crippen molar-refractivity contribution in [2.45, 2.75) is 240 Å². The van der Waals surface area contributed by atoms with Gasteiger partial charge in [-0.1, -0.05) is 89.9 Å². The van der Waals surface area contributed by atoms with Gasteiger partial charge in [0.1, 0.15) is 0 Å². The van der Waals surface area contributed by atoms with Crippen molar-refractivity contribution in [3.05, 3.63) is 0 Å². The normalized spacial score (nSPS) is 27.1. The average Bonchev–Trinajstić information content (AvgIpc) is 3.12. The molecule has 6 unspecified atom stereocenters. The molecule has 0 amide bonds. The van der Waals surface area contributed by atoms with E-state index in [1.54, 1.807) is 0 Å². The molecule has 276 valence electrons. The first-order valence-electron chi connectivity index (χ1n) is 21.5. The molecule has 0 N–H and O–H groups in total. The molecule has 0 aromatic rings. The zero-order chi connectivity index (χ0) is 32.5. The smallest absolute Gasteiger partial charge is 0.0585 e. The van der Waals surface area contributed by atoms with Crippen LogP contribution in [-0.2, 0) is 18.9 Å². The van der Waals surface area contributed by atoms with Gasteiger partial charge in [0.2, 0.25) is 0 Å². The molecule has 0 saturated carbocycles. The summed E-state index contributed by atoms with van der Waals surface area (Å²) in [5.41, 5.74) is 0. The zero-order valence-electron chi connectivity index (χ0n) is 31.0. The van der Waals surface area contributed by atoms with E-state index in [9.17, 15) is 0 Å². The van der Waals surface area contributed by atoms with Crippen molar-refractivity contribution in [3.8, 4) is 0 Å². The van der Waals surface area contributed by atoms with E-state index >= 15 is 0 Å². The standard InChI is InChI=1S/C42H78O4S/c1(3-7-11-23-37-25-15-19-31-43-37)5-9-13-29-41(35-39-27-17-21-33-45-39)47-42(36-40-28-18-22-34-46-40)30-14-10-6-2-4-8-12-24-38-26-16-20-32-44-38/h37-42H,1-36H2. The van der Waals surface area contributed by atoms with Crippen LogP contribution in [0, 0.1) is 0 Å². The van der Waals surface area contributed by atoms with Gasteiger partial charge in [-0.2, -0.15) is 11.8 Å². The van der Waals surface area contributed by atoms with Crippen LogP contribution in [0.15, 0.2) is 0 Å². The minimum atomic E-state index is 0.505. The van der Waals surface area contributed by atoms with Crippen molar-refractivity contribution in [2.24, 2.45) is 0 Å². The van der Waals surface area contributed by atoms with E-state index in [-0.39, 0.29) is 0 Å². The maximum Gasteiger partial charge on any atom is 0.0585 e. The molecule has 0 radical (unpaired) electrons. The van der Waals surface area contributed by atoms with Gasteiger partial charge in [-0.3, -0.25) is 0 Å². The highest BCUT2D eigenvalue weighted by Gasteiger charge is 2.26. The second-order valence-electron chi connectivity index (χ2n) is 15.9. The van der Waals surface area contributed by atoms with E-state index in [0.717, 1.165) is 36.9 Å². The van der Waals surface area contributed by atoms with Crippen molar-refractivity contribution in [1.82, 2.24) is 0 Å². The fourth-order valence-corrected chi connectivity index (χ4v) is 10.5. The number of ether oxygens (including phenoxy) is 4. The number of hydrogen-bond donors (Lipinski definition) is 0. The third kappa shape index (κ3) is 19.4. The second-order valence-corrected chi connectivity index (χ2v) is 17.5. The summed E-state index contributed by atoms with van der Waals surface area (Å²) in [6.07, 6.45) is 45.5. The van der Waals surface area contributed by atoms with E-state index in [1.165, 1.54) is 205 Å². The fraction of sp³-hybridized carbons (Fsp3) is 1.00. The van der Waals surface area contributed by atoms with E-state index < -0.39 is 0 Å². The van der Waals surface area contributed by atoms with Crippen LogP contribution in [0.3, 0.4) is 0 Å². The minimum absolute atomic E-state index is 0.505. The summed E-state index contributed by atoms with van der Waals surface area (Å²) in [5, 5.41) is 1.52. The molecule has 4 fully saturated rings. The molecule has 0 aromatic heterocycles. The van der Waals surface area contributed by atoms with Crippen LogP contribution in [0.5, 0.6) is 0 Å². The Kier molecular flexibility index (Phi) is 22.9. The lowest BCUT2D eigenvalue weighted by Gasteiger charge is -2.31. The van der Waals surface area contributed by atoms with Crippen LogP contribution in [-0.4, -0.2) is 61.3 Å². The lowest BCUT2D eigenvalue weighted by atomic mass is 9.99. The van der Waals surface area contributed by atoms with Crippen LogP contribution in [0.25, 0.3) is 0 Å². The first-order valence-corrected chi connectivity index (χ1v) is 22.4. The van der Waals surface area contributed by atoms with Crippen LogP contribution in [0.1, 0.15) is 205 Å². The third-order valence-corrected chi connectivity index (χ3v) is 13.3. The second kappa shape index (κ2) is 26.9. The monoisotopic (exact) mass is 679 g/mol. The van der Waals surface area contributed by atoms with Crippen LogP contribution in [0.2, 0.25) is 0 Å². The van der Waals surface area contributed by atoms with E-state index in [1.807, 2.05) is 0 Å². The van der Waals surface area contributed by atoms with Gasteiger partial charge in [-0.25, -0.2) is 0 Å². The van der Waals surface area contributed by atoms with Crippen molar-refractivity contribution in [1.29, 1.82) is 0 Å². The zero-order valence-corrected chi connectivity index (χ0v) is 31.8. The summed E-state index contributed by atoms with van der Waals surface area (Å²) >= 11 is 2.37. The van der Waals surface area contributed by atoms with Gasteiger partial charge in [0, 0.05) is 36.9 Å². The Morgan fingerprint density at radius 1 is 0.362 bits per heavy atom. The van der Waals surface area contributed by atoms with Crippen LogP contribution < -0.4 is 0 Å². The molecule has 4 aliphatic rings. The van der Waals surface area contributed by atoms with E-state index in [0.29, 0.717) is 24.4 Å². The van der Waals surface area contributed by atoms with Gasteiger partial charge in [0.25, 0.3) is 0 Å². The highest BCUT2D eigenvalue weighted by atomic mass is 32.2. The van der Waals surface area contributed by atoms with Gasteiger partial charge >= 0.3 is 0 Å². The number of hydrogen-bond acceptors (Lipinski definition) is 5. The molecule has 47 heavy (non-hydrogen) atoms. The molecular formula is C42H78O4S. The lowest BCUT2D eigenvalue weighted by Crippen LogP contribution is -2.27. The predicted octanol–water partition coefficient (Wildman–Crippen LogP) is 12.5. The number of rotatable bonds is 26. The largest absolute Gasteiger partial charge is 0.378 e. The number of unbranched alkanes of at least 4 members (excludes halogenated alkanes) is 12. The summed E-state index contributed by atoms with van der Waals surface area (Å²) in [7, 11) is 0. The Labute approximate surface area is 296 Å². The average molecular weight is 679 g/mol. The molecule has 4 saturated heterocycles. The molecular weight excluding hydrogens is 601 g/mol. The fourth-order valence-electron chi connectivity index (χ4n) is 8.65. The molecule has 4 heterocycles. The van der Waals surface area contributed by atoms with Crippen LogP contribution in [0.4, 0.5) is 0 Å². The van der Waals surface area contributed by atoms with Crippen molar-refractivity contribution in [2.75, 3.05) is 26.4 Å². The Morgan fingerprint density at radius 2 is 0.681 bits per heavy atom. The topological polar surface area (TPSA) is 36.9 Å². The van der Waals surface area contributed by atoms with Crippen LogP contribution >= 0.6 is 11.8 Å². The maximum absolute atomic E-state index is 6.30. The highest BCUT2D eigenvalue weighted by Crippen LogP contribution is 2.36. The molecule has 4 aliphatic heterocycles. The molecule has 6 atom stereocenters. The Morgan fingerprint density at radius 3 is 1.02 bits per heavy atom. The molecule has 5 heteroatoms. The maximum atomic E-state index is 6.30. The predicted molar refractivity (Wildman–Crippen MR) is 202 cm³/mol. The molecule has 0 aliphatic carbocycles. The van der Waals surface area contributed by atoms with Crippen molar-refractivity contribution >= 4 is 11.8 Å². The van der Waals surface area contributed by atoms with Gasteiger partial charge in [-0.15, -0.1) is 0 Å². The molecule has 4 rings (SSSR count). The van der Waals surface area contributed by atoms with E-state index in [4.69, 9.17) is 18.9 Å². The summed E-state index contributed by atoms with van der Waals surface area (Å²) < 4.78 is 24.5. The van der Waals surface area contributed by atoms with E-state index in [2.05, 4.69) is 11.8 Å². The van der Waals surface area contributed by atoms with Gasteiger partial charge in [-0.05, 0) is 116 Å². The number of thioether (sulfide) groups is 1. The molecule has 0 spiro atoms. The SMILES string of the molecule is C(CCCCC1CCCCO1)CCCCC(CC1CCCCO1)SC(CCCCCCCCCC1CCCCO1)CC1CCCCO1. The Hall–Kier alpha value is 0.190. The Balaban J connectivity index is 1.11. The first-order chi connectivity index (χ1) is 23.3. The van der Waals surface area contributed by atoms with Gasteiger partial charge in [0.15, 0.2) is 0 Å². The summed E-state index contributed by atoms with van der Waals surface area (Å²) in [4.78, 5) is 0. The first kappa shape index (κ1) is 40.0. The summed E-state index contributed by atoms with van der Waals surface area (Å²) in [5.74, 6) is 0. The Bertz CT molecular complexity index is 639. The molecule has 0 bridgehead atoms. The minimum Gasteiger partial charge on any atom is -0.378 e. The lowest BCUT2D eigenvalue weighted by molar-refractivity contribution is 0.00941. The third-order valence-electron chi connectivity index (χ3n) is 11.6. The molecule has 0 aromatic carbocycles. The highest BCUT2D eigenvalue weighted by molar-refractivity contribution is 8.00. The summed E-state index contributed by atoms with van der Waals surface area (Å²) in [6.45, 7) is 3.98. The summed E-state index contributed by atoms with van der Waals surface area (Å²) in [6, 6.07) is 0. The van der Waals surface area contributed by atoms with Crippen molar-refractivity contribution < 1.29 is 18.9 Å². The quantitative estimate of drug-likeness (QED) is 0.0851. The van der Waals surface area contributed by atoms with Crippen molar-refractivity contribution in [3.63, 3.8) is 0 Å².